The second-order valence-corrected chi connectivity index (χ2v) is 5.82. The van der Waals surface area contributed by atoms with E-state index in [1.165, 1.54) is 0 Å². The smallest absolute Gasteiger partial charge is 0.342 e. The molecule has 6 nitrogen and oxygen atoms in total. The molecule has 1 spiro atoms. The molecule has 2 aliphatic heterocycles. The molecule has 25 heavy (non-hydrogen) atoms. The van der Waals surface area contributed by atoms with Crippen LogP contribution in [0.3, 0.4) is 0 Å². The Morgan fingerprint density at radius 1 is 1.40 bits per heavy atom. The molecule has 0 bridgehead atoms. The third kappa shape index (κ3) is 2.54. The number of carbonyl (C=O) groups excluding carboxylic acids is 1. The van der Waals surface area contributed by atoms with Gasteiger partial charge in [-0.15, -0.1) is 0 Å². The lowest BCUT2D eigenvalue weighted by Crippen LogP contribution is -2.47. The first kappa shape index (κ1) is 16.7. The third-order valence-corrected chi connectivity index (χ3v) is 4.13. The van der Waals surface area contributed by atoms with Crippen LogP contribution in [0.2, 0.25) is 0 Å². The number of esters is 1. The SMILES string of the molecule is CCOC(=O)C1=C(C)OC(N)=C(C#N)C12C=Cc1cc(C)ccc1O2. The molecule has 128 valence electrons. The monoisotopic (exact) mass is 338 g/mol. The number of hydrogen-bond donors (Lipinski definition) is 1. The Hall–Kier alpha value is -3.20. The summed E-state index contributed by atoms with van der Waals surface area (Å²) >= 11 is 0. The van der Waals surface area contributed by atoms with E-state index in [0.717, 1.165) is 11.1 Å². The lowest BCUT2D eigenvalue weighted by Gasteiger charge is -2.38. The summed E-state index contributed by atoms with van der Waals surface area (Å²) in [6.45, 7) is 5.46. The molecule has 0 aromatic heterocycles. The number of carbonyl (C=O) groups is 1. The fraction of sp³-hybridized carbons (Fsp3) is 0.263. The predicted molar refractivity (Wildman–Crippen MR) is 90.8 cm³/mol. The number of rotatable bonds is 2. The highest BCUT2D eigenvalue weighted by molar-refractivity contribution is 5.95. The maximum absolute atomic E-state index is 12.6. The van der Waals surface area contributed by atoms with Gasteiger partial charge in [-0.05, 0) is 39.0 Å². The molecular weight excluding hydrogens is 320 g/mol. The zero-order chi connectivity index (χ0) is 18.2. The Bertz CT molecular complexity index is 889. The molecule has 1 unspecified atom stereocenters. The second kappa shape index (κ2) is 6.02. The summed E-state index contributed by atoms with van der Waals surface area (Å²) in [6.07, 6.45) is 3.47. The maximum atomic E-state index is 12.6. The fourth-order valence-electron chi connectivity index (χ4n) is 3.05. The summed E-state index contributed by atoms with van der Waals surface area (Å²) in [4.78, 5) is 12.6. The Morgan fingerprint density at radius 3 is 2.84 bits per heavy atom. The highest BCUT2D eigenvalue weighted by atomic mass is 16.5. The summed E-state index contributed by atoms with van der Waals surface area (Å²) in [7, 11) is 0. The zero-order valence-electron chi connectivity index (χ0n) is 14.3. The standard InChI is InChI=1S/C19H18N2O4/c1-4-23-18(22)16-12(3)24-17(21)14(10-20)19(16)8-7-13-9-11(2)5-6-15(13)25-19/h5-9H,4,21H2,1-3H3. The van der Waals surface area contributed by atoms with Crippen LogP contribution in [0.4, 0.5) is 0 Å². The van der Waals surface area contributed by atoms with E-state index in [2.05, 4.69) is 0 Å². The van der Waals surface area contributed by atoms with Crippen LogP contribution in [0.5, 0.6) is 5.75 Å². The number of hydrogen-bond acceptors (Lipinski definition) is 6. The molecule has 0 saturated heterocycles. The van der Waals surface area contributed by atoms with Gasteiger partial charge in [-0.1, -0.05) is 17.7 Å². The fourth-order valence-corrected chi connectivity index (χ4v) is 3.05. The quantitative estimate of drug-likeness (QED) is 0.833. The van der Waals surface area contributed by atoms with Gasteiger partial charge in [0.25, 0.3) is 0 Å². The molecule has 2 N–H and O–H groups in total. The Labute approximate surface area is 145 Å². The number of ether oxygens (including phenoxy) is 3. The average molecular weight is 338 g/mol. The average Bonchev–Trinajstić information content (AvgIpc) is 2.55. The van der Waals surface area contributed by atoms with E-state index >= 15 is 0 Å². The maximum Gasteiger partial charge on any atom is 0.342 e. The van der Waals surface area contributed by atoms with Crippen molar-refractivity contribution in [3.8, 4) is 11.8 Å². The van der Waals surface area contributed by atoms with Crippen LogP contribution < -0.4 is 10.5 Å². The van der Waals surface area contributed by atoms with Crippen LogP contribution in [0.15, 0.2) is 47.1 Å². The van der Waals surface area contributed by atoms with Gasteiger partial charge in [-0.3, -0.25) is 0 Å². The second-order valence-electron chi connectivity index (χ2n) is 5.82. The molecule has 0 aliphatic carbocycles. The molecular formula is C19H18N2O4. The van der Waals surface area contributed by atoms with E-state index in [0.29, 0.717) is 5.75 Å². The highest BCUT2D eigenvalue weighted by Gasteiger charge is 2.51. The van der Waals surface area contributed by atoms with E-state index in [4.69, 9.17) is 19.9 Å². The van der Waals surface area contributed by atoms with Crippen molar-refractivity contribution in [3.63, 3.8) is 0 Å². The number of nitriles is 1. The van der Waals surface area contributed by atoms with E-state index in [9.17, 15) is 10.1 Å². The largest absolute Gasteiger partial charge is 0.472 e. The van der Waals surface area contributed by atoms with Crippen LogP contribution in [0.25, 0.3) is 6.08 Å². The molecule has 2 heterocycles. The molecule has 0 amide bonds. The molecule has 0 saturated carbocycles. The minimum Gasteiger partial charge on any atom is -0.472 e. The number of nitrogens with two attached hydrogens (primary N) is 1. The van der Waals surface area contributed by atoms with Crippen molar-refractivity contribution in [3.05, 3.63) is 58.2 Å². The van der Waals surface area contributed by atoms with E-state index in [-0.39, 0.29) is 29.4 Å². The van der Waals surface area contributed by atoms with Gasteiger partial charge in [0.2, 0.25) is 11.5 Å². The Balaban J connectivity index is 2.21. The number of fused-ring (bicyclic) bond motifs is 1. The molecule has 0 fully saturated rings. The van der Waals surface area contributed by atoms with Gasteiger partial charge in [0.1, 0.15) is 28.7 Å². The van der Waals surface area contributed by atoms with Gasteiger partial charge >= 0.3 is 5.97 Å². The van der Waals surface area contributed by atoms with Gasteiger partial charge < -0.3 is 19.9 Å². The summed E-state index contributed by atoms with van der Waals surface area (Å²) < 4.78 is 16.7. The first-order chi connectivity index (χ1) is 11.9. The summed E-state index contributed by atoms with van der Waals surface area (Å²) in [5.41, 5.74) is 6.50. The van der Waals surface area contributed by atoms with E-state index < -0.39 is 11.6 Å². The van der Waals surface area contributed by atoms with Gasteiger partial charge in [0, 0.05) is 5.56 Å². The normalized spacial score (nSPS) is 21.4. The molecule has 6 heteroatoms. The van der Waals surface area contributed by atoms with Gasteiger partial charge in [0.05, 0.1) is 6.61 Å². The first-order valence-electron chi connectivity index (χ1n) is 7.88. The number of nitrogens with zero attached hydrogens (tertiary/aromatic N) is 1. The molecule has 2 aliphatic rings. The van der Waals surface area contributed by atoms with Gasteiger partial charge in [-0.25, -0.2) is 4.79 Å². The minimum absolute atomic E-state index is 0.0172. The third-order valence-electron chi connectivity index (χ3n) is 4.13. The molecule has 1 aromatic carbocycles. The number of benzene rings is 1. The van der Waals surface area contributed by atoms with Crippen LogP contribution in [-0.4, -0.2) is 18.2 Å². The minimum atomic E-state index is -1.46. The predicted octanol–water partition coefficient (Wildman–Crippen LogP) is 2.70. The Morgan fingerprint density at radius 2 is 2.16 bits per heavy atom. The topological polar surface area (TPSA) is 94.6 Å². The molecule has 1 aromatic rings. The zero-order valence-corrected chi connectivity index (χ0v) is 14.3. The Kier molecular flexibility index (Phi) is 4.01. The molecule has 3 rings (SSSR count). The van der Waals surface area contributed by atoms with Crippen LogP contribution in [0, 0.1) is 18.3 Å². The number of allylic oxidation sites excluding steroid dienone is 1. The van der Waals surface area contributed by atoms with Crippen LogP contribution >= 0.6 is 0 Å². The van der Waals surface area contributed by atoms with Crippen LogP contribution in [0.1, 0.15) is 25.0 Å². The van der Waals surface area contributed by atoms with Crippen molar-refractivity contribution in [2.45, 2.75) is 26.4 Å². The summed E-state index contributed by atoms with van der Waals surface area (Å²) in [5, 5.41) is 9.63. The van der Waals surface area contributed by atoms with E-state index in [1.807, 2.05) is 31.2 Å². The van der Waals surface area contributed by atoms with Crippen molar-refractivity contribution in [1.29, 1.82) is 5.26 Å². The van der Waals surface area contributed by atoms with Crippen molar-refractivity contribution >= 4 is 12.0 Å². The van der Waals surface area contributed by atoms with E-state index in [1.54, 1.807) is 26.0 Å². The van der Waals surface area contributed by atoms with Gasteiger partial charge in [0.15, 0.2) is 0 Å². The lowest BCUT2D eigenvalue weighted by molar-refractivity contribution is -0.140. The van der Waals surface area contributed by atoms with Crippen molar-refractivity contribution in [1.82, 2.24) is 0 Å². The van der Waals surface area contributed by atoms with Crippen molar-refractivity contribution < 1.29 is 19.0 Å². The van der Waals surface area contributed by atoms with Gasteiger partial charge in [-0.2, -0.15) is 5.26 Å². The number of aryl methyl sites for hydroxylation is 1. The molecule has 0 radical (unpaired) electrons. The summed E-state index contributed by atoms with van der Waals surface area (Å²) in [5.74, 6) is 0.0917. The summed E-state index contributed by atoms with van der Waals surface area (Å²) in [6, 6.07) is 7.67. The van der Waals surface area contributed by atoms with Crippen LogP contribution in [-0.2, 0) is 14.3 Å². The highest BCUT2D eigenvalue weighted by Crippen LogP contribution is 2.44. The first-order valence-corrected chi connectivity index (χ1v) is 7.88. The van der Waals surface area contributed by atoms with Crippen molar-refractivity contribution in [2.75, 3.05) is 6.61 Å². The lowest BCUT2D eigenvalue weighted by atomic mass is 9.81. The molecule has 1 atom stereocenters. The van der Waals surface area contributed by atoms with Crippen molar-refractivity contribution in [2.24, 2.45) is 5.73 Å².